The summed E-state index contributed by atoms with van der Waals surface area (Å²) < 4.78 is 13.3. The number of nitrogens with one attached hydrogen (secondary N) is 1. The number of halogens is 1. The predicted octanol–water partition coefficient (Wildman–Crippen LogP) is 3.31. The maximum absolute atomic E-state index is 13.3. The summed E-state index contributed by atoms with van der Waals surface area (Å²) in [6.45, 7) is 4.28. The topological polar surface area (TPSA) is 49.4 Å². The first kappa shape index (κ1) is 16.5. The Kier molecular flexibility index (Phi) is 4.07. The second-order valence-electron chi connectivity index (χ2n) is 6.77. The zero-order valence-corrected chi connectivity index (χ0v) is 14.2. The van der Waals surface area contributed by atoms with Crippen LogP contribution in [0.3, 0.4) is 0 Å². The highest BCUT2D eigenvalue weighted by molar-refractivity contribution is 6.08. The van der Waals surface area contributed by atoms with Gasteiger partial charge in [-0.15, -0.1) is 0 Å². The van der Waals surface area contributed by atoms with Crippen molar-refractivity contribution in [3.63, 3.8) is 0 Å². The first-order chi connectivity index (χ1) is 12.5. The Bertz CT molecular complexity index is 873. The van der Waals surface area contributed by atoms with Crippen LogP contribution in [0.2, 0.25) is 0 Å². The minimum atomic E-state index is -0.259. The number of carbonyl (C=O) groups is 2. The molecule has 0 aromatic heterocycles. The van der Waals surface area contributed by atoms with Gasteiger partial charge in [-0.3, -0.25) is 9.59 Å². The molecular formula is C21H19FN2O2. The first-order valence-corrected chi connectivity index (χ1v) is 8.69. The van der Waals surface area contributed by atoms with Crippen molar-refractivity contribution in [2.45, 2.75) is 24.8 Å². The Labute approximate surface area is 151 Å². The molecule has 1 aliphatic carbocycles. The van der Waals surface area contributed by atoms with Gasteiger partial charge in [0, 0.05) is 41.7 Å². The molecule has 26 heavy (non-hydrogen) atoms. The smallest absolute Gasteiger partial charge is 0.258 e. The van der Waals surface area contributed by atoms with Crippen LogP contribution in [0, 0.1) is 5.82 Å². The second-order valence-corrected chi connectivity index (χ2v) is 6.77. The molecule has 2 aliphatic rings. The summed E-state index contributed by atoms with van der Waals surface area (Å²) in [7, 11) is 0. The predicted molar refractivity (Wildman–Crippen MR) is 96.8 cm³/mol. The van der Waals surface area contributed by atoms with Gasteiger partial charge in [0.15, 0.2) is 0 Å². The highest BCUT2D eigenvalue weighted by Gasteiger charge is 2.39. The van der Waals surface area contributed by atoms with E-state index in [0.29, 0.717) is 17.8 Å². The van der Waals surface area contributed by atoms with Crippen LogP contribution in [-0.2, 0) is 4.79 Å². The Morgan fingerprint density at radius 2 is 1.96 bits per heavy atom. The van der Waals surface area contributed by atoms with E-state index in [1.807, 2.05) is 24.3 Å². The molecule has 1 saturated carbocycles. The van der Waals surface area contributed by atoms with Gasteiger partial charge in [0.2, 0.25) is 5.91 Å². The fraction of sp³-hybridized carbons (Fsp3) is 0.238. The Morgan fingerprint density at radius 1 is 1.19 bits per heavy atom. The normalized spacial score (nSPS) is 20.9. The average Bonchev–Trinajstić information content (AvgIpc) is 3.35. The van der Waals surface area contributed by atoms with E-state index in [-0.39, 0.29) is 36.0 Å². The van der Waals surface area contributed by atoms with Gasteiger partial charge in [-0.2, -0.15) is 0 Å². The summed E-state index contributed by atoms with van der Waals surface area (Å²) in [5.74, 6) is -0.305. The van der Waals surface area contributed by atoms with Crippen LogP contribution >= 0.6 is 0 Å². The number of benzene rings is 2. The van der Waals surface area contributed by atoms with Crippen molar-refractivity contribution < 1.29 is 14.0 Å². The average molecular weight is 350 g/mol. The van der Waals surface area contributed by atoms with E-state index >= 15 is 0 Å². The van der Waals surface area contributed by atoms with Gasteiger partial charge in [0.1, 0.15) is 5.82 Å². The van der Waals surface area contributed by atoms with Crippen LogP contribution in [0.15, 0.2) is 55.1 Å². The third-order valence-electron chi connectivity index (χ3n) is 5.02. The zero-order valence-electron chi connectivity index (χ0n) is 14.2. The Balaban J connectivity index is 1.31. The van der Waals surface area contributed by atoms with Crippen molar-refractivity contribution in [2.75, 3.05) is 6.54 Å². The molecule has 1 aliphatic heterocycles. The second kappa shape index (κ2) is 6.41. The highest BCUT2D eigenvalue weighted by Crippen LogP contribution is 2.41. The zero-order chi connectivity index (χ0) is 18.3. The summed E-state index contributed by atoms with van der Waals surface area (Å²) in [6, 6.07) is 13.9. The van der Waals surface area contributed by atoms with E-state index in [2.05, 4.69) is 11.9 Å². The summed E-state index contributed by atoms with van der Waals surface area (Å²) in [5, 5.41) is 2.97. The van der Waals surface area contributed by atoms with Gasteiger partial charge in [-0.1, -0.05) is 36.9 Å². The van der Waals surface area contributed by atoms with E-state index in [4.69, 9.17) is 0 Å². The fourth-order valence-electron chi connectivity index (χ4n) is 3.52. The van der Waals surface area contributed by atoms with Crippen molar-refractivity contribution in [3.8, 4) is 0 Å². The lowest BCUT2D eigenvalue weighted by molar-refractivity contribution is -0.121. The molecule has 0 unspecified atom stereocenters. The standard InChI is InChI=1S/C21H19FN2O2/c1-13-16-7-2-3-8-17(16)21(26)24(13)10-9-20(25)23-19-12-18(19)14-5-4-6-15(22)11-14/h2-8,11,18-19H,1,9-10,12H2,(H,23,25)/t18-,19+/m1/s1. The van der Waals surface area contributed by atoms with Crippen molar-refractivity contribution in [2.24, 2.45) is 0 Å². The van der Waals surface area contributed by atoms with Gasteiger partial charge in [-0.25, -0.2) is 4.39 Å². The van der Waals surface area contributed by atoms with Crippen LogP contribution in [0.25, 0.3) is 5.70 Å². The first-order valence-electron chi connectivity index (χ1n) is 8.69. The number of amides is 2. The monoisotopic (exact) mass is 350 g/mol. The molecule has 0 bridgehead atoms. The summed E-state index contributed by atoms with van der Waals surface area (Å²) >= 11 is 0. The van der Waals surface area contributed by atoms with Crippen LogP contribution in [-0.4, -0.2) is 29.3 Å². The van der Waals surface area contributed by atoms with E-state index in [9.17, 15) is 14.0 Å². The van der Waals surface area contributed by atoms with Gasteiger partial charge in [-0.05, 0) is 30.2 Å². The molecule has 5 heteroatoms. The molecule has 0 spiro atoms. The number of hydrogen-bond acceptors (Lipinski definition) is 2. The number of nitrogens with zero attached hydrogens (tertiary/aromatic N) is 1. The third kappa shape index (κ3) is 3.01. The summed E-state index contributed by atoms with van der Waals surface area (Å²) in [4.78, 5) is 26.2. The van der Waals surface area contributed by atoms with Crippen LogP contribution in [0.1, 0.15) is 40.2 Å². The fourth-order valence-corrected chi connectivity index (χ4v) is 3.52. The van der Waals surface area contributed by atoms with Crippen LogP contribution in [0.5, 0.6) is 0 Å². The van der Waals surface area contributed by atoms with Crippen molar-refractivity contribution in [1.82, 2.24) is 10.2 Å². The lowest BCUT2D eigenvalue weighted by atomic mass is 10.1. The van der Waals surface area contributed by atoms with Crippen molar-refractivity contribution in [1.29, 1.82) is 0 Å². The molecule has 2 amide bonds. The van der Waals surface area contributed by atoms with E-state index in [1.54, 1.807) is 17.0 Å². The van der Waals surface area contributed by atoms with Crippen molar-refractivity contribution in [3.05, 3.63) is 77.6 Å². The van der Waals surface area contributed by atoms with Crippen molar-refractivity contribution >= 4 is 17.5 Å². The van der Waals surface area contributed by atoms with Gasteiger partial charge < -0.3 is 10.2 Å². The maximum atomic E-state index is 13.3. The number of carbonyl (C=O) groups excluding carboxylic acids is 2. The van der Waals surface area contributed by atoms with E-state index in [0.717, 1.165) is 17.5 Å². The maximum Gasteiger partial charge on any atom is 0.258 e. The molecule has 2 aromatic carbocycles. The molecule has 132 valence electrons. The van der Waals surface area contributed by atoms with Crippen LogP contribution < -0.4 is 5.32 Å². The molecule has 4 nitrogen and oxygen atoms in total. The summed E-state index contributed by atoms with van der Waals surface area (Å²) in [6.07, 6.45) is 1.03. The minimum absolute atomic E-state index is 0.0407. The number of hydrogen-bond donors (Lipinski definition) is 1. The molecule has 0 radical (unpaired) electrons. The van der Waals surface area contributed by atoms with Gasteiger partial charge in [0.25, 0.3) is 5.91 Å². The Morgan fingerprint density at radius 3 is 2.69 bits per heavy atom. The van der Waals surface area contributed by atoms with Crippen LogP contribution in [0.4, 0.5) is 4.39 Å². The minimum Gasteiger partial charge on any atom is -0.353 e. The van der Waals surface area contributed by atoms with E-state index in [1.165, 1.54) is 12.1 Å². The summed E-state index contributed by atoms with van der Waals surface area (Å²) in [5.41, 5.74) is 3.01. The Hall–Kier alpha value is -2.95. The van der Waals surface area contributed by atoms with E-state index < -0.39 is 0 Å². The van der Waals surface area contributed by atoms with Gasteiger partial charge in [0.05, 0.1) is 0 Å². The number of rotatable bonds is 5. The lowest BCUT2D eigenvalue weighted by Gasteiger charge is -2.17. The third-order valence-corrected chi connectivity index (χ3v) is 5.02. The molecular weight excluding hydrogens is 331 g/mol. The van der Waals surface area contributed by atoms with Gasteiger partial charge >= 0.3 is 0 Å². The molecule has 1 heterocycles. The molecule has 1 N–H and O–H groups in total. The molecule has 1 fully saturated rings. The quantitative estimate of drug-likeness (QED) is 0.899. The lowest BCUT2D eigenvalue weighted by Crippen LogP contribution is -2.32. The number of fused-ring (bicyclic) bond motifs is 1. The molecule has 2 aromatic rings. The largest absolute Gasteiger partial charge is 0.353 e. The highest BCUT2D eigenvalue weighted by atomic mass is 19.1. The molecule has 4 rings (SSSR count). The molecule has 2 atom stereocenters. The molecule has 0 saturated heterocycles. The SMILES string of the molecule is C=C1c2ccccc2C(=O)N1CCC(=O)N[C@H]1C[C@@H]1c1cccc(F)c1.